The minimum atomic E-state index is -0.596. The van der Waals surface area contributed by atoms with Gasteiger partial charge in [-0.15, -0.1) is 0 Å². The van der Waals surface area contributed by atoms with Gasteiger partial charge in [0.1, 0.15) is 0 Å². The second-order valence-electron chi connectivity index (χ2n) is 5.87. The molecular weight excluding hydrogens is 308 g/mol. The number of hydrogen-bond acceptors (Lipinski definition) is 4. The Morgan fingerprint density at radius 1 is 1.17 bits per heavy atom. The Balaban J connectivity index is 1.84. The van der Waals surface area contributed by atoms with Gasteiger partial charge in [0, 0.05) is 50.7 Å². The van der Waals surface area contributed by atoms with Crippen molar-refractivity contribution in [3.05, 3.63) is 36.2 Å². The van der Waals surface area contributed by atoms with Crippen LogP contribution in [-0.2, 0) is 14.4 Å². The van der Waals surface area contributed by atoms with Crippen LogP contribution >= 0.6 is 0 Å². The van der Waals surface area contributed by atoms with Gasteiger partial charge < -0.3 is 15.1 Å². The van der Waals surface area contributed by atoms with E-state index in [0.29, 0.717) is 26.2 Å². The van der Waals surface area contributed by atoms with Crippen LogP contribution < -0.4 is 5.32 Å². The molecule has 3 amide bonds. The standard InChI is InChI=1S/C17H22N4O3/c1-13(2)19-16(23)17(24)21-10-8-20(9-11-21)15(22)6-5-14-4-3-7-18-12-14/h3-7,12-13H,8-11H2,1-2H3,(H,19,23)/b6-5+. The molecule has 0 radical (unpaired) electrons. The molecule has 1 N–H and O–H groups in total. The number of carbonyl (C=O) groups is 3. The summed E-state index contributed by atoms with van der Waals surface area (Å²) in [7, 11) is 0. The second kappa shape index (κ2) is 8.24. The van der Waals surface area contributed by atoms with Gasteiger partial charge in [-0.3, -0.25) is 19.4 Å². The monoisotopic (exact) mass is 330 g/mol. The summed E-state index contributed by atoms with van der Waals surface area (Å²) in [5, 5.41) is 2.58. The van der Waals surface area contributed by atoms with Crippen molar-refractivity contribution in [2.75, 3.05) is 26.2 Å². The lowest BCUT2D eigenvalue weighted by Gasteiger charge is -2.33. The molecule has 24 heavy (non-hydrogen) atoms. The van der Waals surface area contributed by atoms with E-state index in [2.05, 4.69) is 10.3 Å². The number of aromatic nitrogens is 1. The molecule has 2 rings (SSSR count). The quantitative estimate of drug-likeness (QED) is 0.638. The van der Waals surface area contributed by atoms with Gasteiger partial charge in [-0.25, -0.2) is 0 Å². The minimum absolute atomic E-state index is 0.0815. The Hall–Kier alpha value is -2.70. The van der Waals surface area contributed by atoms with Crippen LogP contribution in [-0.4, -0.2) is 64.7 Å². The summed E-state index contributed by atoms with van der Waals surface area (Å²) in [6, 6.07) is 3.58. The summed E-state index contributed by atoms with van der Waals surface area (Å²) in [6.45, 7) is 5.15. The van der Waals surface area contributed by atoms with E-state index < -0.39 is 11.8 Å². The molecule has 0 atom stereocenters. The van der Waals surface area contributed by atoms with Gasteiger partial charge in [0.25, 0.3) is 0 Å². The van der Waals surface area contributed by atoms with E-state index in [9.17, 15) is 14.4 Å². The molecule has 0 spiro atoms. The van der Waals surface area contributed by atoms with E-state index in [1.54, 1.807) is 43.3 Å². The van der Waals surface area contributed by atoms with Crippen molar-refractivity contribution in [2.24, 2.45) is 0 Å². The lowest BCUT2D eigenvalue weighted by atomic mass is 10.2. The Bertz CT molecular complexity index is 620. The highest BCUT2D eigenvalue weighted by Crippen LogP contribution is 2.05. The zero-order chi connectivity index (χ0) is 17.5. The van der Waals surface area contributed by atoms with Gasteiger partial charge in [0.05, 0.1) is 0 Å². The van der Waals surface area contributed by atoms with Crippen LogP contribution in [0.5, 0.6) is 0 Å². The number of rotatable bonds is 3. The van der Waals surface area contributed by atoms with Crippen LogP contribution in [0.15, 0.2) is 30.6 Å². The summed E-state index contributed by atoms with van der Waals surface area (Å²) in [5.74, 6) is -1.25. The first kappa shape index (κ1) is 17.7. The highest BCUT2D eigenvalue weighted by Gasteiger charge is 2.27. The molecule has 7 heteroatoms. The highest BCUT2D eigenvalue weighted by molar-refractivity contribution is 6.35. The first-order valence-corrected chi connectivity index (χ1v) is 7.94. The molecule has 0 aromatic carbocycles. The number of piperazine rings is 1. The zero-order valence-corrected chi connectivity index (χ0v) is 13.9. The number of nitrogens with one attached hydrogen (secondary N) is 1. The molecule has 1 aromatic heterocycles. The van der Waals surface area contributed by atoms with Gasteiger partial charge in [0.2, 0.25) is 5.91 Å². The third-order valence-electron chi connectivity index (χ3n) is 3.60. The van der Waals surface area contributed by atoms with Crippen LogP contribution in [0.4, 0.5) is 0 Å². The molecular formula is C17H22N4O3. The zero-order valence-electron chi connectivity index (χ0n) is 13.9. The summed E-state index contributed by atoms with van der Waals surface area (Å²) in [4.78, 5) is 43.0. The van der Waals surface area contributed by atoms with Crippen LogP contribution in [0.2, 0.25) is 0 Å². The maximum absolute atomic E-state index is 12.2. The van der Waals surface area contributed by atoms with Crippen molar-refractivity contribution < 1.29 is 14.4 Å². The third kappa shape index (κ3) is 4.91. The minimum Gasteiger partial charge on any atom is -0.346 e. The third-order valence-corrected chi connectivity index (χ3v) is 3.60. The summed E-state index contributed by atoms with van der Waals surface area (Å²) >= 11 is 0. The maximum Gasteiger partial charge on any atom is 0.312 e. The van der Waals surface area contributed by atoms with E-state index in [-0.39, 0.29) is 11.9 Å². The molecule has 1 aliphatic rings. The lowest BCUT2D eigenvalue weighted by Crippen LogP contribution is -2.54. The van der Waals surface area contributed by atoms with Gasteiger partial charge in [-0.05, 0) is 31.6 Å². The van der Waals surface area contributed by atoms with Crippen molar-refractivity contribution in [1.29, 1.82) is 0 Å². The SMILES string of the molecule is CC(C)NC(=O)C(=O)N1CCN(C(=O)/C=C/c2cccnc2)CC1. The molecule has 7 nitrogen and oxygen atoms in total. The Morgan fingerprint density at radius 3 is 2.42 bits per heavy atom. The van der Waals surface area contributed by atoms with Crippen molar-refractivity contribution in [1.82, 2.24) is 20.1 Å². The number of amides is 3. The average Bonchev–Trinajstić information content (AvgIpc) is 2.59. The summed E-state index contributed by atoms with van der Waals surface area (Å²) in [6.07, 6.45) is 6.56. The van der Waals surface area contributed by atoms with E-state index in [0.717, 1.165) is 5.56 Å². The Morgan fingerprint density at radius 2 is 1.83 bits per heavy atom. The fourth-order valence-electron chi connectivity index (χ4n) is 2.34. The number of nitrogens with zero attached hydrogens (tertiary/aromatic N) is 3. The Labute approximate surface area is 141 Å². The van der Waals surface area contributed by atoms with Crippen LogP contribution in [0, 0.1) is 0 Å². The first-order valence-electron chi connectivity index (χ1n) is 7.94. The Kier molecular flexibility index (Phi) is 6.06. The molecule has 1 aromatic rings. The van der Waals surface area contributed by atoms with E-state index >= 15 is 0 Å². The smallest absolute Gasteiger partial charge is 0.312 e. The van der Waals surface area contributed by atoms with E-state index in [4.69, 9.17) is 0 Å². The topological polar surface area (TPSA) is 82.6 Å². The normalized spacial score (nSPS) is 15.0. The van der Waals surface area contributed by atoms with Crippen LogP contribution in [0.3, 0.4) is 0 Å². The van der Waals surface area contributed by atoms with Gasteiger partial charge in [-0.2, -0.15) is 0 Å². The molecule has 1 aliphatic heterocycles. The largest absolute Gasteiger partial charge is 0.346 e. The van der Waals surface area contributed by atoms with Gasteiger partial charge in [0.15, 0.2) is 0 Å². The number of pyridine rings is 1. The van der Waals surface area contributed by atoms with Crippen LogP contribution in [0.1, 0.15) is 19.4 Å². The predicted octanol–water partition coefficient (Wildman–Crippen LogP) is 0.290. The summed E-state index contributed by atoms with van der Waals surface area (Å²) in [5.41, 5.74) is 0.852. The van der Waals surface area contributed by atoms with Gasteiger partial charge >= 0.3 is 11.8 Å². The molecule has 2 heterocycles. The molecule has 1 fully saturated rings. The second-order valence-corrected chi connectivity index (χ2v) is 5.87. The number of hydrogen-bond donors (Lipinski definition) is 1. The fraction of sp³-hybridized carbons (Fsp3) is 0.412. The lowest BCUT2D eigenvalue weighted by molar-refractivity contribution is -0.148. The number of carbonyl (C=O) groups excluding carboxylic acids is 3. The van der Waals surface area contributed by atoms with Crippen molar-refractivity contribution >= 4 is 23.8 Å². The van der Waals surface area contributed by atoms with Crippen molar-refractivity contribution in [2.45, 2.75) is 19.9 Å². The highest BCUT2D eigenvalue weighted by atomic mass is 16.2. The summed E-state index contributed by atoms with van der Waals surface area (Å²) < 4.78 is 0. The van der Waals surface area contributed by atoms with Crippen molar-refractivity contribution in [3.8, 4) is 0 Å². The molecule has 0 unspecified atom stereocenters. The van der Waals surface area contributed by atoms with Crippen LogP contribution in [0.25, 0.3) is 6.08 Å². The molecule has 128 valence electrons. The molecule has 0 aliphatic carbocycles. The predicted molar refractivity (Wildman–Crippen MR) is 89.7 cm³/mol. The van der Waals surface area contributed by atoms with E-state index in [1.807, 2.05) is 6.07 Å². The van der Waals surface area contributed by atoms with Crippen molar-refractivity contribution in [3.63, 3.8) is 0 Å². The van der Waals surface area contributed by atoms with E-state index in [1.165, 1.54) is 11.0 Å². The maximum atomic E-state index is 12.2. The first-order chi connectivity index (χ1) is 11.5. The molecule has 0 saturated carbocycles. The average molecular weight is 330 g/mol. The van der Waals surface area contributed by atoms with Gasteiger partial charge in [-0.1, -0.05) is 6.07 Å². The molecule has 0 bridgehead atoms. The molecule has 1 saturated heterocycles. The fourth-order valence-corrected chi connectivity index (χ4v) is 2.34.